The summed E-state index contributed by atoms with van der Waals surface area (Å²) in [6.07, 6.45) is 5.56. The maximum absolute atomic E-state index is 12.7. The molecule has 1 aliphatic carbocycles. The minimum atomic E-state index is -0.503. The summed E-state index contributed by atoms with van der Waals surface area (Å²) in [5, 5.41) is 3.15. The lowest BCUT2D eigenvalue weighted by Gasteiger charge is -2.43. The summed E-state index contributed by atoms with van der Waals surface area (Å²) in [7, 11) is 4.25. The third kappa shape index (κ3) is 5.00. The lowest BCUT2D eigenvalue weighted by Crippen LogP contribution is -2.55. The summed E-state index contributed by atoms with van der Waals surface area (Å²) < 4.78 is 6.06. The molecule has 4 nitrogen and oxygen atoms in total. The van der Waals surface area contributed by atoms with Crippen molar-refractivity contribution in [3.8, 4) is 5.75 Å². The Morgan fingerprint density at radius 1 is 1.19 bits per heavy atom. The Labute approximate surface area is 159 Å². The van der Waals surface area contributed by atoms with Gasteiger partial charge in [-0.1, -0.05) is 45.2 Å². The molecule has 0 heterocycles. The predicted octanol–water partition coefficient (Wildman–Crippen LogP) is 4.27. The fourth-order valence-electron chi connectivity index (χ4n) is 3.85. The van der Waals surface area contributed by atoms with E-state index in [9.17, 15) is 4.79 Å². The van der Waals surface area contributed by atoms with E-state index < -0.39 is 6.10 Å². The molecule has 1 aromatic carbocycles. The van der Waals surface area contributed by atoms with Gasteiger partial charge in [0.1, 0.15) is 5.75 Å². The van der Waals surface area contributed by atoms with Crippen molar-refractivity contribution in [2.24, 2.45) is 0 Å². The highest BCUT2D eigenvalue weighted by atomic mass is 16.5. The van der Waals surface area contributed by atoms with E-state index >= 15 is 0 Å². The second-order valence-electron chi connectivity index (χ2n) is 8.35. The van der Waals surface area contributed by atoms with Crippen molar-refractivity contribution in [3.05, 3.63) is 29.3 Å². The number of aryl methyl sites for hydroxylation is 1. The quantitative estimate of drug-likeness (QED) is 0.790. The van der Waals surface area contributed by atoms with Gasteiger partial charge in [0, 0.05) is 12.1 Å². The van der Waals surface area contributed by atoms with Gasteiger partial charge in [-0.25, -0.2) is 0 Å². The Bertz CT molecular complexity index is 604. The Balaban J connectivity index is 2.00. The molecule has 0 radical (unpaired) electrons. The van der Waals surface area contributed by atoms with Crippen LogP contribution in [0.25, 0.3) is 0 Å². The number of rotatable bonds is 7. The van der Waals surface area contributed by atoms with E-state index in [0.29, 0.717) is 12.5 Å². The highest BCUT2D eigenvalue weighted by Gasteiger charge is 2.35. The van der Waals surface area contributed by atoms with Crippen LogP contribution in [0.3, 0.4) is 0 Å². The van der Waals surface area contributed by atoms with Gasteiger partial charge >= 0.3 is 0 Å². The number of hydrogen-bond acceptors (Lipinski definition) is 3. The average Bonchev–Trinajstić information content (AvgIpc) is 2.60. The molecule has 1 aliphatic rings. The lowest BCUT2D eigenvalue weighted by molar-refractivity contribution is -0.128. The topological polar surface area (TPSA) is 41.6 Å². The number of carbonyl (C=O) groups is 1. The van der Waals surface area contributed by atoms with Gasteiger partial charge in [0.15, 0.2) is 6.10 Å². The van der Waals surface area contributed by atoms with Crippen LogP contribution >= 0.6 is 0 Å². The SMILES string of the molecule is Cc1ccc(C(C)C)c(O[C@H](C)C(=O)NCC2(N(C)C)CCCCC2)c1. The van der Waals surface area contributed by atoms with Crippen LogP contribution in [0.2, 0.25) is 0 Å². The van der Waals surface area contributed by atoms with Crippen LogP contribution in [-0.2, 0) is 4.79 Å². The number of likely N-dealkylation sites (N-methyl/N-ethyl adjacent to an activating group) is 1. The molecule has 0 aliphatic heterocycles. The first-order valence-electron chi connectivity index (χ1n) is 9.97. The molecule has 2 rings (SSSR count). The molecule has 1 atom stereocenters. The number of nitrogens with zero attached hydrogens (tertiary/aromatic N) is 1. The Kier molecular flexibility index (Phi) is 7.10. The standard InChI is InChI=1S/C22H36N2O2/c1-16(2)19-11-10-17(3)14-20(19)26-18(4)21(25)23-15-22(24(5)6)12-8-7-9-13-22/h10-11,14,16,18H,7-9,12-13,15H2,1-6H3,(H,23,25)/t18-/m1/s1. The summed E-state index contributed by atoms with van der Waals surface area (Å²) in [5.41, 5.74) is 2.37. The van der Waals surface area contributed by atoms with Gasteiger partial charge in [0.2, 0.25) is 0 Å². The molecule has 1 amide bonds. The monoisotopic (exact) mass is 360 g/mol. The van der Waals surface area contributed by atoms with E-state index in [1.807, 2.05) is 19.9 Å². The molecule has 0 saturated heterocycles. The van der Waals surface area contributed by atoms with E-state index in [1.54, 1.807) is 0 Å². The molecule has 146 valence electrons. The molecule has 1 fully saturated rings. The second-order valence-corrected chi connectivity index (χ2v) is 8.35. The molecule has 4 heteroatoms. The van der Waals surface area contributed by atoms with Gasteiger partial charge in [-0.2, -0.15) is 0 Å². The van der Waals surface area contributed by atoms with E-state index in [0.717, 1.165) is 29.7 Å². The molecule has 0 unspecified atom stereocenters. The number of ether oxygens (including phenoxy) is 1. The number of amides is 1. The van der Waals surface area contributed by atoms with Crippen LogP contribution in [0.15, 0.2) is 18.2 Å². The smallest absolute Gasteiger partial charge is 0.260 e. The molecule has 26 heavy (non-hydrogen) atoms. The Hall–Kier alpha value is -1.55. The summed E-state index contributed by atoms with van der Waals surface area (Å²) in [6.45, 7) is 8.87. The average molecular weight is 361 g/mol. The summed E-state index contributed by atoms with van der Waals surface area (Å²) in [4.78, 5) is 15.0. The van der Waals surface area contributed by atoms with Crippen molar-refractivity contribution < 1.29 is 9.53 Å². The maximum atomic E-state index is 12.7. The first kappa shape index (κ1) is 20.8. The van der Waals surface area contributed by atoms with Crippen LogP contribution in [0.4, 0.5) is 0 Å². The van der Waals surface area contributed by atoms with Crippen molar-refractivity contribution >= 4 is 5.91 Å². The third-order valence-electron chi connectivity index (χ3n) is 5.79. The van der Waals surface area contributed by atoms with Crippen molar-refractivity contribution in [2.45, 2.75) is 77.4 Å². The largest absolute Gasteiger partial charge is 0.481 e. The summed E-state index contributed by atoms with van der Waals surface area (Å²) in [6, 6.07) is 6.22. The fraction of sp³-hybridized carbons (Fsp3) is 0.682. The zero-order chi connectivity index (χ0) is 19.3. The molecule has 1 aromatic rings. The minimum Gasteiger partial charge on any atom is -0.481 e. The van der Waals surface area contributed by atoms with Gasteiger partial charge in [-0.15, -0.1) is 0 Å². The van der Waals surface area contributed by atoms with Gasteiger partial charge in [-0.05, 0) is 63.9 Å². The second kappa shape index (κ2) is 8.90. The van der Waals surface area contributed by atoms with Crippen molar-refractivity contribution in [1.29, 1.82) is 0 Å². The van der Waals surface area contributed by atoms with E-state index in [-0.39, 0.29) is 11.4 Å². The minimum absolute atomic E-state index is 0.0342. The predicted molar refractivity (Wildman–Crippen MR) is 108 cm³/mol. The van der Waals surface area contributed by atoms with Crippen molar-refractivity contribution in [2.75, 3.05) is 20.6 Å². The van der Waals surface area contributed by atoms with E-state index in [1.165, 1.54) is 19.3 Å². The number of hydrogen-bond donors (Lipinski definition) is 1. The number of nitrogens with one attached hydrogen (secondary N) is 1. The van der Waals surface area contributed by atoms with Crippen LogP contribution in [0, 0.1) is 6.92 Å². The molecule has 0 bridgehead atoms. The Morgan fingerprint density at radius 2 is 1.85 bits per heavy atom. The molecule has 0 spiro atoms. The zero-order valence-corrected chi connectivity index (χ0v) is 17.4. The van der Waals surface area contributed by atoms with Gasteiger partial charge in [0.25, 0.3) is 5.91 Å². The van der Waals surface area contributed by atoms with Crippen LogP contribution in [0.1, 0.15) is 69.9 Å². The molecular formula is C22H36N2O2. The van der Waals surface area contributed by atoms with E-state index in [4.69, 9.17) is 4.74 Å². The normalized spacial score (nSPS) is 18.0. The van der Waals surface area contributed by atoms with Crippen molar-refractivity contribution in [3.63, 3.8) is 0 Å². The summed E-state index contributed by atoms with van der Waals surface area (Å²) in [5.74, 6) is 1.15. The number of benzene rings is 1. The van der Waals surface area contributed by atoms with E-state index in [2.05, 4.69) is 50.3 Å². The molecule has 0 aromatic heterocycles. The van der Waals surface area contributed by atoms with Crippen LogP contribution in [0.5, 0.6) is 5.75 Å². The number of carbonyl (C=O) groups excluding carboxylic acids is 1. The van der Waals surface area contributed by atoms with Crippen molar-refractivity contribution in [1.82, 2.24) is 10.2 Å². The van der Waals surface area contributed by atoms with Gasteiger partial charge < -0.3 is 15.0 Å². The van der Waals surface area contributed by atoms with Crippen LogP contribution in [-0.4, -0.2) is 43.1 Å². The highest BCUT2D eigenvalue weighted by molar-refractivity contribution is 5.80. The lowest BCUT2D eigenvalue weighted by atomic mass is 9.80. The fourth-order valence-corrected chi connectivity index (χ4v) is 3.85. The van der Waals surface area contributed by atoms with Crippen LogP contribution < -0.4 is 10.1 Å². The summed E-state index contributed by atoms with van der Waals surface area (Å²) >= 11 is 0. The molecule has 1 saturated carbocycles. The maximum Gasteiger partial charge on any atom is 0.260 e. The van der Waals surface area contributed by atoms with Gasteiger partial charge in [0.05, 0.1) is 0 Å². The first-order chi connectivity index (χ1) is 12.2. The Morgan fingerprint density at radius 3 is 2.42 bits per heavy atom. The first-order valence-corrected chi connectivity index (χ1v) is 9.97. The van der Waals surface area contributed by atoms with Gasteiger partial charge in [-0.3, -0.25) is 4.79 Å². The third-order valence-corrected chi connectivity index (χ3v) is 5.79. The molecular weight excluding hydrogens is 324 g/mol. The zero-order valence-electron chi connectivity index (χ0n) is 17.4. The molecule has 1 N–H and O–H groups in total. The highest BCUT2D eigenvalue weighted by Crippen LogP contribution is 2.32.